The quantitative estimate of drug-likeness (QED) is 0.605. The molecule has 1 N–H and O–H groups in total. The molecular weight excluding hydrogens is 131 g/mol. The van der Waals surface area contributed by atoms with Gasteiger partial charge in [-0.25, -0.2) is 0 Å². The molecule has 0 heterocycles. The summed E-state index contributed by atoms with van der Waals surface area (Å²) in [6.07, 6.45) is -0.613. The van der Waals surface area contributed by atoms with Gasteiger partial charge in [0.25, 0.3) is 0 Å². The van der Waals surface area contributed by atoms with Crippen LogP contribution in [0.25, 0.3) is 0 Å². The molecule has 0 unspecified atom stereocenters. The molecule has 0 saturated heterocycles. The Bertz CT molecular complexity index is 44.5. The molecule has 0 aliphatic heterocycles. The number of hydrogen-bond donors (Lipinski definition) is 1. The summed E-state index contributed by atoms with van der Waals surface area (Å²) in [5.41, 5.74) is 0. The first kappa shape index (κ1) is 8.17. The maximum Gasteiger partial charge on any atom is 0.102 e. The molecule has 8 heavy (non-hydrogen) atoms. The highest BCUT2D eigenvalue weighted by molar-refractivity contribution is 6.07. The van der Waals surface area contributed by atoms with E-state index in [1.165, 1.54) is 7.11 Å². The van der Waals surface area contributed by atoms with E-state index in [1.54, 1.807) is 0 Å². The van der Waals surface area contributed by atoms with Crippen LogP contribution in [0.1, 0.15) is 0 Å². The van der Waals surface area contributed by atoms with Crippen molar-refractivity contribution in [3.63, 3.8) is 0 Å². The second-order valence-corrected chi connectivity index (χ2v) is 1.60. The van der Waals surface area contributed by atoms with Crippen molar-refractivity contribution in [2.75, 3.05) is 20.3 Å². The molecule has 0 saturated carbocycles. The molecule has 50 valence electrons. The Morgan fingerprint density at radius 3 is 2.62 bits per heavy atom. The lowest BCUT2D eigenvalue weighted by molar-refractivity contribution is 0.0350. The normalized spacial score (nSPS) is 13.9. The van der Waals surface area contributed by atoms with Crippen LogP contribution in [-0.2, 0) is 9.03 Å². The summed E-state index contributed by atoms with van der Waals surface area (Å²) >= 11 is 4.82. The third-order valence-electron chi connectivity index (χ3n) is 0.614. The van der Waals surface area contributed by atoms with Crippen LogP contribution in [0.3, 0.4) is 0 Å². The van der Waals surface area contributed by atoms with Gasteiger partial charge in [0.15, 0.2) is 0 Å². The number of methoxy groups -OCH3 is 1. The fraction of sp³-hybridized carbons (Fsp3) is 1.00. The molecule has 0 aliphatic carbocycles. The van der Waals surface area contributed by atoms with Gasteiger partial charge in [-0.05, 0) is 0 Å². The summed E-state index contributed by atoms with van der Waals surface area (Å²) < 4.78 is 8.67. The number of hydrogen-bond acceptors (Lipinski definition) is 3. The van der Waals surface area contributed by atoms with Crippen molar-refractivity contribution in [3.8, 4) is 0 Å². The van der Waals surface area contributed by atoms with Crippen LogP contribution in [0.5, 0.6) is 0 Å². The van der Waals surface area contributed by atoms with Crippen LogP contribution in [-0.4, -0.2) is 31.5 Å². The highest BCUT2D eigenvalue weighted by Gasteiger charge is 2.00. The molecule has 0 aromatic carbocycles. The van der Waals surface area contributed by atoms with Gasteiger partial charge in [0.05, 0.1) is 25.1 Å². The smallest absolute Gasteiger partial charge is 0.102 e. The van der Waals surface area contributed by atoms with Crippen LogP contribution in [0.4, 0.5) is 0 Å². The zero-order chi connectivity index (χ0) is 6.41. The monoisotopic (exact) mass is 140 g/mol. The first-order valence-corrected chi connectivity index (χ1v) is 2.52. The third kappa shape index (κ3) is 4.33. The van der Waals surface area contributed by atoms with Gasteiger partial charge in [0.1, 0.15) is 6.10 Å². The molecule has 0 amide bonds. The standard InChI is InChI=1S/C4H9ClO3/c1-7-2-4(6)3-8-5/h4,6H,2-3H2,1H3/t4-/m1/s1. The van der Waals surface area contributed by atoms with Crippen LogP contribution in [0.2, 0.25) is 0 Å². The molecule has 0 aromatic rings. The summed E-state index contributed by atoms with van der Waals surface area (Å²) in [5, 5.41) is 8.71. The SMILES string of the molecule is COC[C@@H](O)COCl. The van der Waals surface area contributed by atoms with E-state index in [-0.39, 0.29) is 13.2 Å². The number of halogens is 1. The minimum atomic E-state index is -0.613. The van der Waals surface area contributed by atoms with Gasteiger partial charge in [0.2, 0.25) is 0 Å². The number of aliphatic hydroxyl groups is 1. The van der Waals surface area contributed by atoms with E-state index in [4.69, 9.17) is 17.0 Å². The fourth-order valence-electron chi connectivity index (χ4n) is 0.313. The van der Waals surface area contributed by atoms with E-state index in [0.29, 0.717) is 0 Å². The lowest BCUT2D eigenvalue weighted by Gasteiger charge is -2.04. The van der Waals surface area contributed by atoms with Crippen molar-refractivity contribution in [2.24, 2.45) is 0 Å². The molecule has 0 spiro atoms. The Hall–Kier alpha value is 0.170. The molecule has 0 rings (SSSR count). The van der Waals surface area contributed by atoms with Crippen LogP contribution >= 0.6 is 11.9 Å². The molecule has 0 bridgehead atoms. The van der Waals surface area contributed by atoms with E-state index in [2.05, 4.69) is 9.03 Å². The van der Waals surface area contributed by atoms with Crippen molar-refractivity contribution in [1.82, 2.24) is 0 Å². The first-order valence-electron chi connectivity index (χ1n) is 2.21. The van der Waals surface area contributed by atoms with Crippen molar-refractivity contribution in [3.05, 3.63) is 0 Å². The van der Waals surface area contributed by atoms with Gasteiger partial charge in [-0.3, -0.25) is 4.29 Å². The second-order valence-electron chi connectivity index (χ2n) is 1.38. The Balaban J connectivity index is 2.92. The molecule has 0 aromatic heterocycles. The molecule has 0 aliphatic rings. The van der Waals surface area contributed by atoms with E-state index >= 15 is 0 Å². The highest BCUT2D eigenvalue weighted by atomic mass is 35.5. The zero-order valence-electron chi connectivity index (χ0n) is 4.63. The molecule has 4 heteroatoms. The Morgan fingerprint density at radius 2 is 2.25 bits per heavy atom. The average Bonchev–Trinajstić information content (AvgIpc) is 1.68. The molecule has 0 fully saturated rings. The number of aliphatic hydroxyl groups excluding tert-OH is 1. The van der Waals surface area contributed by atoms with Gasteiger partial charge in [-0.15, -0.1) is 0 Å². The summed E-state index contributed by atoms with van der Waals surface area (Å²) in [6, 6.07) is 0. The topological polar surface area (TPSA) is 38.7 Å². The maximum atomic E-state index is 8.71. The van der Waals surface area contributed by atoms with Crippen LogP contribution < -0.4 is 0 Å². The van der Waals surface area contributed by atoms with E-state index in [0.717, 1.165) is 0 Å². The van der Waals surface area contributed by atoms with Crippen molar-refractivity contribution >= 4 is 11.9 Å². The number of ether oxygens (including phenoxy) is 1. The van der Waals surface area contributed by atoms with Crippen LogP contribution in [0.15, 0.2) is 0 Å². The minimum Gasteiger partial charge on any atom is -0.388 e. The molecule has 1 atom stereocenters. The summed E-state index contributed by atoms with van der Waals surface area (Å²) in [4.78, 5) is 0. The largest absolute Gasteiger partial charge is 0.388 e. The van der Waals surface area contributed by atoms with Crippen molar-refractivity contribution in [2.45, 2.75) is 6.10 Å². The summed E-state index contributed by atoms with van der Waals surface area (Å²) in [7, 11) is 1.50. The van der Waals surface area contributed by atoms with Crippen molar-refractivity contribution < 1.29 is 14.1 Å². The van der Waals surface area contributed by atoms with E-state index < -0.39 is 6.10 Å². The van der Waals surface area contributed by atoms with Gasteiger partial charge in [-0.1, -0.05) is 0 Å². The Morgan fingerprint density at radius 1 is 1.62 bits per heavy atom. The minimum absolute atomic E-state index is 0.107. The predicted molar refractivity (Wildman–Crippen MR) is 29.7 cm³/mol. The first-order chi connectivity index (χ1) is 3.81. The van der Waals surface area contributed by atoms with Gasteiger partial charge >= 0.3 is 0 Å². The number of rotatable bonds is 4. The third-order valence-corrected chi connectivity index (χ3v) is 0.740. The highest BCUT2D eigenvalue weighted by Crippen LogP contribution is 1.87. The Kier molecular flexibility index (Phi) is 5.42. The maximum absolute atomic E-state index is 8.71. The van der Waals surface area contributed by atoms with E-state index in [1.807, 2.05) is 0 Å². The van der Waals surface area contributed by atoms with Gasteiger partial charge in [-0.2, -0.15) is 0 Å². The predicted octanol–water partition coefficient (Wildman–Crippen LogP) is 0.164. The van der Waals surface area contributed by atoms with Crippen LogP contribution in [0, 0.1) is 0 Å². The Labute approximate surface area is 53.3 Å². The van der Waals surface area contributed by atoms with Gasteiger partial charge < -0.3 is 9.84 Å². The zero-order valence-corrected chi connectivity index (χ0v) is 5.39. The molecule has 0 radical (unpaired) electrons. The average molecular weight is 141 g/mol. The lowest BCUT2D eigenvalue weighted by Crippen LogP contribution is -2.18. The summed E-state index contributed by atoms with van der Waals surface area (Å²) in [5.74, 6) is 0. The molecule has 3 nitrogen and oxygen atoms in total. The van der Waals surface area contributed by atoms with Gasteiger partial charge in [0, 0.05) is 7.11 Å². The fourth-order valence-corrected chi connectivity index (χ4v) is 0.459. The molecular formula is C4H9ClO3. The second kappa shape index (κ2) is 5.31. The summed E-state index contributed by atoms with van der Waals surface area (Å²) in [6.45, 7) is 0.363. The van der Waals surface area contributed by atoms with E-state index in [9.17, 15) is 0 Å². The lowest BCUT2D eigenvalue weighted by atomic mass is 10.4. The van der Waals surface area contributed by atoms with Crippen molar-refractivity contribution in [1.29, 1.82) is 0 Å².